The van der Waals surface area contributed by atoms with Gasteiger partial charge < -0.3 is 14.2 Å². The van der Waals surface area contributed by atoms with Crippen molar-refractivity contribution in [3.63, 3.8) is 0 Å². The summed E-state index contributed by atoms with van der Waals surface area (Å²) in [6, 6.07) is 16.4. The highest BCUT2D eigenvalue weighted by Crippen LogP contribution is 2.30. The van der Waals surface area contributed by atoms with Gasteiger partial charge in [0.15, 0.2) is 0 Å². The maximum atomic E-state index is 14.1. The molecule has 9 heteroatoms. The summed E-state index contributed by atoms with van der Waals surface area (Å²) in [5, 5.41) is 2.19. The molecule has 1 aliphatic rings. The van der Waals surface area contributed by atoms with Gasteiger partial charge in [-0.3, -0.25) is 14.9 Å². The molecule has 0 radical (unpaired) electrons. The monoisotopic (exact) mass is 490 g/mol. The molecule has 0 unspecified atom stereocenters. The smallest absolute Gasteiger partial charge is 0.335 e. The van der Waals surface area contributed by atoms with Gasteiger partial charge in [0.1, 0.15) is 35.2 Å². The number of hydrogen-bond donors (Lipinski definition) is 1. The molecule has 0 atom stereocenters. The second-order valence-corrected chi connectivity index (χ2v) is 7.67. The number of hydrogen-bond acceptors (Lipinski definition) is 6. The predicted molar refractivity (Wildman–Crippen MR) is 130 cm³/mol. The van der Waals surface area contributed by atoms with Gasteiger partial charge in [0.2, 0.25) is 0 Å². The van der Waals surface area contributed by atoms with Crippen LogP contribution in [0.2, 0.25) is 0 Å². The van der Waals surface area contributed by atoms with Gasteiger partial charge in [-0.05, 0) is 55.5 Å². The Labute approximate surface area is 206 Å². The van der Waals surface area contributed by atoms with Crippen molar-refractivity contribution in [2.45, 2.75) is 13.5 Å². The molecule has 0 spiro atoms. The summed E-state index contributed by atoms with van der Waals surface area (Å²) in [6.07, 6.45) is 1.32. The van der Waals surface area contributed by atoms with E-state index in [-0.39, 0.29) is 23.6 Å². The molecule has 4 rings (SSSR count). The van der Waals surface area contributed by atoms with E-state index in [1.165, 1.54) is 19.3 Å². The van der Waals surface area contributed by atoms with Crippen LogP contribution in [0, 0.1) is 5.82 Å². The van der Waals surface area contributed by atoms with Crippen LogP contribution in [0.15, 0.2) is 72.3 Å². The maximum absolute atomic E-state index is 14.1. The Morgan fingerprint density at radius 3 is 2.36 bits per heavy atom. The van der Waals surface area contributed by atoms with Gasteiger partial charge in [0.05, 0.1) is 19.4 Å². The summed E-state index contributed by atoms with van der Waals surface area (Å²) in [6.45, 7) is 2.21. The van der Waals surface area contributed by atoms with E-state index >= 15 is 0 Å². The topological polar surface area (TPSA) is 94.2 Å². The van der Waals surface area contributed by atoms with Crippen LogP contribution in [0.1, 0.15) is 18.1 Å². The Morgan fingerprint density at radius 1 is 0.944 bits per heavy atom. The second-order valence-electron chi connectivity index (χ2n) is 7.67. The lowest BCUT2D eigenvalue weighted by Crippen LogP contribution is -2.54. The third kappa shape index (κ3) is 5.20. The van der Waals surface area contributed by atoms with Gasteiger partial charge in [0, 0.05) is 17.2 Å². The summed E-state index contributed by atoms with van der Waals surface area (Å²) in [7, 11) is 1.48. The van der Waals surface area contributed by atoms with E-state index in [4.69, 9.17) is 14.2 Å². The van der Waals surface area contributed by atoms with Crippen molar-refractivity contribution in [3.05, 3.63) is 89.2 Å². The minimum Gasteiger partial charge on any atom is -0.497 e. The van der Waals surface area contributed by atoms with Crippen LogP contribution >= 0.6 is 0 Å². The minimum atomic E-state index is -0.864. The average Bonchev–Trinajstić information content (AvgIpc) is 2.87. The first-order valence-electron chi connectivity index (χ1n) is 11.1. The van der Waals surface area contributed by atoms with E-state index in [1.54, 1.807) is 60.7 Å². The zero-order chi connectivity index (χ0) is 25.7. The molecule has 1 saturated heterocycles. The van der Waals surface area contributed by atoms with Crippen molar-refractivity contribution in [3.8, 4) is 17.2 Å². The lowest BCUT2D eigenvalue weighted by molar-refractivity contribution is -0.122. The molecular weight excluding hydrogens is 467 g/mol. The van der Waals surface area contributed by atoms with Gasteiger partial charge in [-0.1, -0.05) is 18.2 Å². The number of methoxy groups -OCH3 is 1. The van der Waals surface area contributed by atoms with Crippen LogP contribution in [0.3, 0.4) is 0 Å². The van der Waals surface area contributed by atoms with E-state index < -0.39 is 23.7 Å². The number of barbiturate groups is 1. The Balaban J connectivity index is 1.66. The highest BCUT2D eigenvalue weighted by molar-refractivity contribution is 6.39. The molecule has 184 valence electrons. The number of nitrogens with zero attached hydrogens (tertiary/aromatic N) is 1. The molecule has 1 aliphatic heterocycles. The van der Waals surface area contributed by atoms with E-state index in [2.05, 4.69) is 5.32 Å². The van der Waals surface area contributed by atoms with Crippen molar-refractivity contribution in [2.75, 3.05) is 18.6 Å². The molecule has 0 saturated carbocycles. The number of imide groups is 2. The summed E-state index contributed by atoms with van der Waals surface area (Å²) in [4.78, 5) is 39.2. The fourth-order valence-electron chi connectivity index (χ4n) is 3.56. The van der Waals surface area contributed by atoms with Crippen molar-refractivity contribution in [1.82, 2.24) is 5.32 Å². The van der Waals surface area contributed by atoms with Gasteiger partial charge in [-0.2, -0.15) is 0 Å². The molecule has 1 fully saturated rings. The van der Waals surface area contributed by atoms with Crippen LogP contribution in [0.4, 0.5) is 14.9 Å². The number of amides is 4. The first kappa shape index (κ1) is 24.5. The summed E-state index contributed by atoms with van der Waals surface area (Å²) < 4.78 is 30.5. The van der Waals surface area contributed by atoms with E-state index in [0.29, 0.717) is 29.2 Å². The molecule has 3 aromatic rings. The molecular formula is C27H23FN2O6. The number of rotatable bonds is 8. The molecule has 0 aliphatic carbocycles. The Morgan fingerprint density at radius 2 is 1.67 bits per heavy atom. The maximum Gasteiger partial charge on any atom is 0.335 e. The first-order chi connectivity index (χ1) is 17.4. The number of ether oxygens (including phenoxy) is 3. The lowest BCUT2D eigenvalue weighted by atomic mass is 10.1. The summed E-state index contributed by atoms with van der Waals surface area (Å²) in [5.41, 5.74) is 0.693. The van der Waals surface area contributed by atoms with Crippen molar-refractivity contribution in [1.29, 1.82) is 0 Å². The SMILES string of the molecule is CCOc1ccc(N2C(=O)NC(=O)/C(=C\c3ccc(OC)cc3OCc3ccccc3F)C2=O)cc1. The molecule has 0 bridgehead atoms. The molecule has 36 heavy (non-hydrogen) atoms. The number of nitrogens with one attached hydrogen (secondary N) is 1. The molecule has 0 aromatic heterocycles. The fraction of sp³-hybridized carbons (Fsp3) is 0.148. The van der Waals surface area contributed by atoms with Crippen molar-refractivity contribution < 1.29 is 33.0 Å². The number of benzene rings is 3. The summed E-state index contributed by atoms with van der Waals surface area (Å²) in [5.74, 6) is -0.771. The Bertz CT molecular complexity index is 1340. The minimum absolute atomic E-state index is 0.0903. The van der Waals surface area contributed by atoms with Gasteiger partial charge in [-0.15, -0.1) is 0 Å². The van der Waals surface area contributed by atoms with Gasteiger partial charge in [0.25, 0.3) is 11.8 Å². The number of urea groups is 1. The quantitative estimate of drug-likeness (QED) is 0.370. The van der Waals surface area contributed by atoms with Gasteiger partial charge >= 0.3 is 6.03 Å². The van der Waals surface area contributed by atoms with Gasteiger partial charge in [-0.25, -0.2) is 14.1 Å². The normalized spacial score (nSPS) is 14.6. The Hall–Kier alpha value is -4.66. The van der Waals surface area contributed by atoms with E-state index in [1.807, 2.05) is 6.92 Å². The van der Waals surface area contributed by atoms with Crippen LogP contribution in [-0.4, -0.2) is 31.6 Å². The molecule has 3 aromatic carbocycles. The number of carbonyl (C=O) groups excluding carboxylic acids is 3. The Kier molecular flexibility index (Phi) is 7.29. The van der Waals surface area contributed by atoms with Crippen LogP contribution < -0.4 is 24.4 Å². The average molecular weight is 490 g/mol. The molecule has 4 amide bonds. The van der Waals surface area contributed by atoms with Crippen LogP contribution in [0.5, 0.6) is 17.2 Å². The first-order valence-corrected chi connectivity index (χ1v) is 11.1. The number of halogens is 1. The number of anilines is 1. The summed E-state index contributed by atoms with van der Waals surface area (Å²) >= 11 is 0. The predicted octanol–water partition coefficient (Wildman–Crippen LogP) is 4.48. The largest absolute Gasteiger partial charge is 0.497 e. The lowest BCUT2D eigenvalue weighted by Gasteiger charge is -2.26. The second kappa shape index (κ2) is 10.7. The van der Waals surface area contributed by atoms with E-state index in [9.17, 15) is 18.8 Å². The van der Waals surface area contributed by atoms with Crippen molar-refractivity contribution in [2.24, 2.45) is 0 Å². The highest BCUT2D eigenvalue weighted by Gasteiger charge is 2.37. The van der Waals surface area contributed by atoms with Crippen LogP contribution in [-0.2, 0) is 16.2 Å². The van der Waals surface area contributed by atoms with E-state index in [0.717, 1.165) is 4.90 Å². The fourth-order valence-corrected chi connectivity index (χ4v) is 3.56. The molecule has 8 nitrogen and oxygen atoms in total. The highest BCUT2D eigenvalue weighted by atomic mass is 19.1. The standard InChI is InChI=1S/C27H23FN2O6/c1-3-35-20-12-9-19(10-13-20)30-26(32)22(25(31)29-27(30)33)14-17-8-11-21(34-2)15-24(17)36-16-18-6-4-5-7-23(18)28/h4-15H,3,16H2,1-2H3,(H,29,31,33)/b22-14+. The van der Waals surface area contributed by atoms with Crippen LogP contribution in [0.25, 0.3) is 6.08 Å². The molecule has 1 heterocycles. The zero-order valence-corrected chi connectivity index (χ0v) is 19.6. The number of carbonyl (C=O) groups is 3. The third-order valence-corrected chi connectivity index (χ3v) is 5.37. The third-order valence-electron chi connectivity index (χ3n) is 5.37. The zero-order valence-electron chi connectivity index (χ0n) is 19.6. The van der Waals surface area contributed by atoms with Crippen molar-refractivity contribution >= 4 is 29.6 Å². The molecule has 1 N–H and O–H groups in total.